The van der Waals surface area contributed by atoms with Crippen LogP contribution in [0.1, 0.15) is 26.2 Å². The van der Waals surface area contributed by atoms with E-state index in [4.69, 9.17) is 4.74 Å². The standard InChI is InChI=1S/C9H14O3/c1-2-3-4-8-5-7(10)6-9(11)12-8/h2-3,7-8,10H,4-6H2,1H3/b3-2+/t7-,8-/m1/s1. The third-order valence-electron chi connectivity index (χ3n) is 1.87. The highest BCUT2D eigenvalue weighted by Gasteiger charge is 2.25. The molecule has 0 spiro atoms. The quantitative estimate of drug-likeness (QED) is 0.497. The summed E-state index contributed by atoms with van der Waals surface area (Å²) in [5.74, 6) is -0.289. The van der Waals surface area contributed by atoms with Crippen LogP contribution in [0.2, 0.25) is 0 Å². The summed E-state index contributed by atoms with van der Waals surface area (Å²) in [6, 6.07) is 0. The van der Waals surface area contributed by atoms with Crippen molar-refractivity contribution in [2.45, 2.75) is 38.4 Å². The molecule has 0 radical (unpaired) electrons. The first-order valence-corrected chi connectivity index (χ1v) is 4.21. The Kier molecular flexibility index (Phi) is 3.29. The Labute approximate surface area is 72.0 Å². The molecular formula is C9H14O3. The third-order valence-corrected chi connectivity index (χ3v) is 1.87. The zero-order chi connectivity index (χ0) is 8.97. The van der Waals surface area contributed by atoms with Gasteiger partial charge in [-0.05, 0) is 6.92 Å². The molecule has 0 amide bonds. The number of ether oxygens (including phenoxy) is 1. The van der Waals surface area contributed by atoms with Gasteiger partial charge in [-0.3, -0.25) is 4.79 Å². The molecule has 0 saturated carbocycles. The molecule has 68 valence electrons. The Balaban J connectivity index is 2.38. The number of allylic oxidation sites excluding steroid dienone is 1. The molecule has 1 rings (SSSR count). The molecule has 1 fully saturated rings. The minimum absolute atomic E-state index is 0.127. The van der Waals surface area contributed by atoms with Crippen molar-refractivity contribution in [3.05, 3.63) is 12.2 Å². The molecule has 1 heterocycles. The fraction of sp³-hybridized carbons (Fsp3) is 0.667. The summed E-state index contributed by atoms with van der Waals surface area (Å²) in [5, 5.41) is 9.22. The Morgan fingerprint density at radius 1 is 1.75 bits per heavy atom. The first-order chi connectivity index (χ1) is 5.72. The number of rotatable bonds is 2. The molecule has 0 aromatic rings. The summed E-state index contributed by atoms with van der Waals surface area (Å²) in [5.41, 5.74) is 0. The van der Waals surface area contributed by atoms with Crippen LogP contribution in [0.25, 0.3) is 0 Å². The minimum atomic E-state index is -0.512. The molecule has 1 aliphatic heterocycles. The van der Waals surface area contributed by atoms with Crippen LogP contribution in [0.4, 0.5) is 0 Å². The van der Waals surface area contributed by atoms with E-state index in [1.807, 2.05) is 19.1 Å². The van der Waals surface area contributed by atoms with Crippen LogP contribution in [0.3, 0.4) is 0 Å². The largest absolute Gasteiger partial charge is 0.462 e. The van der Waals surface area contributed by atoms with E-state index in [9.17, 15) is 9.90 Å². The molecule has 0 bridgehead atoms. The molecule has 3 nitrogen and oxygen atoms in total. The molecule has 0 aromatic heterocycles. The second-order valence-electron chi connectivity index (χ2n) is 3.01. The number of aliphatic hydroxyl groups is 1. The monoisotopic (exact) mass is 170 g/mol. The maximum atomic E-state index is 10.8. The van der Waals surface area contributed by atoms with Gasteiger partial charge in [-0.15, -0.1) is 0 Å². The lowest BCUT2D eigenvalue weighted by atomic mass is 10.0. The normalized spacial score (nSPS) is 30.7. The Bertz CT molecular complexity index is 186. The molecule has 2 atom stereocenters. The topological polar surface area (TPSA) is 46.5 Å². The van der Waals surface area contributed by atoms with Crippen molar-refractivity contribution in [3.63, 3.8) is 0 Å². The van der Waals surface area contributed by atoms with Gasteiger partial charge in [-0.25, -0.2) is 0 Å². The van der Waals surface area contributed by atoms with Gasteiger partial charge in [0.05, 0.1) is 12.5 Å². The van der Waals surface area contributed by atoms with Crippen LogP contribution in [0.5, 0.6) is 0 Å². The summed E-state index contributed by atoms with van der Waals surface area (Å²) >= 11 is 0. The van der Waals surface area contributed by atoms with Gasteiger partial charge >= 0.3 is 5.97 Å². The molecule has 1 N–H and O–H groups in total. The van der Waals surface area contributed by atoms with Crippen LogP contribution >= 0.6 is 0 Å². The van der Waals surface area contributed by atoms with E-state index in [0.29, 0.717) is 12.8 Å². The van der Waals surface area contributed by atoms with Gasteiger partial charge < -0.3 is 9.84 Å². The Hall–Kier alpha value is -0.830. The molecule has 1 saturated heterocycles. The predicted octanol–water partition coefficient (Wildman–Crippen LogP) is 1.02. The van der Waals surface area contributed by atoms with Gasteiger partial charge in [0, 0.05) is 12.8 Å². The van der Waals surface area contributed by atoms with E-state index >= 15 is 0 Å². The van der Waals surface area contributed by atoms with Gasteiger partial charge in [0.1, 0.15) is 6.10 Å². The fourth-order valence-electron chi connectivity index (χ4n) is 1.29. The summed E-state index contributed by atoms with van der Waals surface area (Å²) < 4.78 is 5.01. The van der Waals surface area contributed by atoms with Gasteiger partial charge in [-0.1, -0.05) is 12.2 Å². The zero-order valence-electron chi connectivity index (χ0n) is 7.19. The van der Waals surface area contributed by atoms with E-state index in [-0.39, 0.29) is 18.5 Å². The van der Waals surface area contributed by atoms with Gasteiger partial charge in [0.2, 0.25) is 0 Å². The lowest BCUT2D eigenvalue weighted by Gasteiger charge is -2.24. The molecule has 0 unspecified atom stereocenters. The fourth-order valence-corrected chi connectivity index (χ4v) is 1.29. The van der Waals surface area contributed by atoms with Crippen LogP contribution in [-0.2, 0) is 9.53 Å². The highest BCUT2D eigenvalue weighted by atomic mass is 16.5. The molecule has 3 heteroatoms. The summed E-state index contributed by atoms with van der Waals surface area (Å²) in [4.78, 5) is 10.8. The van der Waals surface area contributed by atoms with Crippen molar-refractivity contribution < 1.29 is 14.6 Å². The van der Waals surface area contributed by atoms with Crippen molar-refractivity contribution in [2.24, 2.45) is 0 Å². The van der Waals surface area contributed by atoms with E-state index < -0.39 is 6.10 Å². The summed E-state index contributed by atoms with van der Waals surface area (Å²) in [6.07, 6.45) is 4.63. The SMILES string of the molecule is C/C=C/C[C@@H]1C[C@@H](O)CC(=O)O1. The minimum Gasteiger partial charge on any atom is -0.462 e. The number of carbonyl (C=O) groups excluding carboxylic acids is 1. The van der Waals surface area contributed by atoms with E-state index in [1.54, 1.807) is 0 Å². The lowest BCUT2D eigenvalue weighted by Crippen LogP contribution is -2.32. The Morgan fingerprint density at radius 2 is 2.50 bits per heavy atom. The number of esters is 1. The molecule has 1 aliphatic rings. The van der Waals surface area contributed by atoms with Crippen molar-refractivity contribution in [2.75, 3.05) is 0 Å². The summed E-state index contributed by atoms with van der Waals surface area (Å²) in [6.45, 7) is 1.92. The third kappa shape index (κ3) is 2.66. The van der Waals surface area contributed by atoms with E-state index in [0.717, 1.165) is 0 Å². The van der Waals surface area contributed by atoms with Crippen molar-refractivity contribution in [1.82, 2.24) is 0 Å². The van der Waals surface area contributed by atoms with Crippen LogP contribution in [-0.4, -0.2) is 23.3 Å². The lowest BCUT2D eigenvalue weighted by molar-refractivity contribution is -0.159. The maximum Gasteiger partial charge on any atom is 0.308 e. The maximum absolute atomic E-state index is 10.8. The van der Waals surface area contributed by atoms with E-state index in [2.05, 4.69) is 0 Å². The van der Waals surface area contributed by atoms with Crippen LogP contribution < -0.4 is 0 Å². The number of hydrogen-bond donors (Lipinski definition) is 1. The van der Waals surface area contributed by atoms with Crippen LogP contribution in [0.15, 0.2) is 12.2 Å². The molecular weight excluding hydrogens is 156 g/mol. The zero-order valence-corrected chi connectivity index (χ0v) is 7.19. The number of hydrogen-bond acceptors (Lipinski definition) is 3. The smallest absolute Gasteiger partial charge is 0.308 e. The highest BCUT2D eigenvalue weighted by Crippen LogP contribution is 2.17. The van der Waals surface area contributed by atoms with Gasteiger partial charge in [0.15, 0.2) is 0 Å². The van der Waals surface area contributed by atoms with Crippen LogP contribution in [0, 0.1) is 0 Å². The van der Waals surface area contributed by atoms with Gasteiger partial charge in [-0.2, -0.15) is 0 Å². The molecule has 0 aromatic carbocycles. The van der Waals surface area contributed by atoms with Crippen molar-refractivity contribution in [1.29, 1.82) is 0 Å². The first-order valence-electron chi connectivity index (χ1n) is 4.21. The highest BCUT2D eigenvalue weighted by molar-refractivity contribution is 5.70. The molecule has 0 aliphatic carbocycles. The van der Waals surface area contributed by atoms with Gasteiger partial charge in [0.25, 0.3) is 0 Å². The van der Waals surface area contributed by atoms with E-state index in [1.165, 1.54) is 0 Å². The number of carbonyl (C=O) groups is 1. The number of aliphatic hydroxyl groups excluding tert-OH is 1. The predicted molar refractivity (Wildman–Crippen MR) is 44.6 cm³/mol. The average molecular weight is 170 g/mol. The average Bonchev–Trinajstić information content (AvgIpc) is 1.99. The van der Waals surface area contributed by atoms with Crippen molar-refractivity contribution >= 4 is 5.97 Å². The number of cyclic esters (lactones) is 1. The second kappa shape index (κ2) is 4.26. The van der Waals surface area contributed by atoms with Crippen molar-refractivity contribution in [3.8, 4) is 0 Å². The Morgan fingerprint density at radius 3 is 3.08 bits per heavy atom. The second-order valence-corrected chi connectivity index (χ2v) is 3.01. The summed E-state index contributed by atoms with van der Waals surface area (Å²) in [7, 11) is 0. The molecule has 12 heavy (non-hydrogen) atoms. The first kappa shape index (κ1) is 9.26.